The Morgan fingerprint density at radius 3 is 2.61 bits per heavy atom. The molecule has 0 atom stereocenters. The predicted molar refractivity (Wildman–Crippen MR) is 68.5 cm³/mol. The Morgan fingerprint density at radius 1 is 1.39 bits per heavy atom. The second-order valence-electron chi connectivity index (χ2n) is 4.64. The number of rotatable bonds is 5. The van der Waals surface area contributed by atoms with Crippen molar-refractivity contribution in [1.29, 1.82) is 0 Å². The van der Waals surface area contributed by atoms with E-state index < -0.39 is 0 Å². The number of amides is 1. The fourth-order valence-electron chi connectivity index (χ4n) is 1.94. The van der Waals surface area contributed by atoms with E-state index in [1.807, 2.05) is 24.3 Å². The van der Waals surface area contributed by atoms with Crippen molar-refractivity contribution in [2.75, 3.05) is 19.7 Å². The fraction of sp³-hybridized carbons (Fsp3) is 0.500. The molecule has 0 aliphatic carbocycles. The first-order chi connectivity index (χ1) is 8.69. The average molecular weight is 249 g/mol. The van der Waals surface area contributed by atoms with Crippen LogP contribution in [0.3, 0.4) is 0 Å². The number of hydrogen-bond donors (Lipinski definition) is 1. The van der Waals surface area contributed by atoms with Crippen molar-refractivity contribution in [1.82, 2.24) is 4.90 Å². The van der Waals surface area contributed by atoms with E-state index in [9.17, 15) is 4.79 Å². The summed E-state index contributed by atoms with van der Waals surface area (Å²) >= 11 is 0. The maximum Gasteiger partial charge on any atom is 0.260 e. The predicted octanol–water partition coefficient (Wildman–Crippen LogP) is 1.22. The summed E-state index contributed by atoms with van der Waals surface area (Å²) in [4.78, 5) is 13.2. The van der Waals surface area contributed by atoms with Gasteiger partial charge in [-0.1, -0.05) is 25.5 Å². The first kappa shape index (κ1) is 12.9. The molecule has 4 nitrogen and oxygen atoms in total. The molecular weight excluding hydrogens is 230 g/mol. The van der Waals surface area contributed by atoms with Gasteiger partial charge in [-0.3, -0.25) is 4.79 Å². The zero-order valence-corrected chi connectivity index (χ0v) is 10.6. The summed E-state index contributed by atoms with van der Waals surface area (Å²) in [6.45, 7) is 3.04. The molecule has 0 saturated carbocycles. The molecule has 0 aromatic heterocycles. The van der Waals surface area contributed by atoms with Crippen molar-refractivity contribution in [3.63, 3.8) is 0 Å². The van der Waals surface area contributed by atoms with Gasteiger partial charge in [0, 0.05) is 13.1 Å². The number of hydrogen-bond acceptors (Lipinski definition) is 3. The number of β-amino-alcohol motifs (C(OH)–C–C–N with tert-alkyl or cyclic N) is 1. The highest BCUT2D eigenvalue weighted by Gasteiger charge is 2.28. The Labute approximate surface area is 107 Å². The van der Waals surface area contributed by atoms with Crippen LogP contribution in [-0.2, 0) is 11.2 Å². The van der Waals surface area contributed by atoms with Gasteiger partial charge in [0.05, 0.1) is 6.10 Å². The number of aliphatic hydroxyl groups is 1. The minimum absolute atomic E-state index is 0.0415. The van der Waals surface area contributed by atoms with Crippen LogP contribution in [0.1, 0.15) is 18.9 Å². The van der Waals surface area contributed by atoms with Crippen LogP contribution < -0.4 is 4.74 Å². The third-order valence-electron chi connectivity index (χ3n) is 3.04. The van der Waals surface area contributed by atoms with Gasteiger partial charge < -0.3 is 14.7 Å². The SMILES string of the molecule is CCCc1ccc(OCC(=O)N2CC(O)C2)cc1. The molecule has 1 N–H and O–H groups in total. The number of ether oxygens (including phenoxy) is 1. The minimum atomic E-state index is -0.359. The third-order valence-corrected chi connectivity index (χ3v) is 3.04. The molecule has 0 bridgehead atoms. The summed E-state index contributed by atoms with van der Waals surface area (Å²) < 4.78 is 5.42. The summed E-state index contributed by atoms with van der Waals surface area (Å²) in [6.07, 6.45) is 1.82. The van der Waals surface area contributed by atoms with Crippen molar-refractivity contribution in [2.45, 2.75) is 25.9 Å². The van der Waals surface area contributed by atoms with E-state index in [1.165, 1.54) is 5.56 Å². The Bertz CT molecular complexity index is 396. The number of carbonyl (C=O) groups is 1. The van der Waals surface area contributed by atoms with Crippen LogP contribution in [0.2, 0.25) is 0 Å². The highest BCUT2D eigenvalue weighted by Crippen LogP contribution is 2.14. The molecule has 2 rings (SSSR count). The first-order valence-corrected chi connectivity index (χ1v) is 6.36. The molecule has 1 heterocycles. The van der Waals surface area contributed by atoms with Gasteiger partial charge in [-0.05, 0) is 24.1 Å². The van der Waals surface area contributed by atoms with Crippen LogP contribution >= 0.6 is 0 Å². The summed E-state index contributed by atoms with van der Waals surface area (Å²) in [5.74, 6) is 0.641. The van der Waals surface area contributed by atoms with Crippen LogP contribution in [-0.4, -0.2) is 41.7 Å². The number of likely N-dealkylation sites (tertiary alicyclic amines) is 1. The van der Waals surface area contributed by atoms with Crippen molar-refractivity contribution < 1.29 is 14.6 Å². The minimum Gasteiger partial charge on any atom is -0.484 e. The van der Waals surface area contributed by atoms with E-state index >= 15 is 0 Å². The molecule has 1 aliphatic rings. The lowest BCUT2D eigenvalue weighted by Crippen LogP contribution is -2.54. The van der Waals surface area contributed by atoms with Crippen molar-refractivity contribution in [3.05, 3.63) is 29.8 Å². The van der Waals surface area contributed by atoms with E-state index in [0.717, 1.165) is 12.8 Å². The van der Waals surface area contributed by atoms with Crippen LogP contribution in [0.25, 0.3) is 0 Å². The average Bonchev–Trinajstić information content (AvgIpc) is 2.34. The monoisotopic (exact) mass is 249 g/mol. The number of aliphatic hydroxyl groups excluding tert-OH is 1. The van der Waals surface area contributed by atoms with Crippen LogP contribution in [0, 0.1) is 0 Å². The highest BCUT2D eigenvalue weighted by atomic mass is 16.5. The zero-order chi connectivity index (χ0) is 13.0. The van der Waals surface area contributed by atoms with Gasteiger partial charge in [-0.2, -0.15) is 0 Å². The Balaban J connectivity index is 1.77. The molecule has 0 unspecified atom stereocenters. The highest BCUT2D eigenvalue weighted by molar-refractivity contribution is 5.78. The summed E-state index contributed by atoms with van der Waals surface area (Å²) in [5.41, 5.74) is 1.28. The van der Waals surface area contributed by atoms with Crippen molar-refractivity contribution in [2.24, 2.45) is 0 Å². The van der Waals surface area contributed by atoms with Gasteiger partial charge in [-0.25, -0.2) is 0 Å². The van der Waals surface area contributed by atoms with Gasteiger partial charge in [0.2, 0.25) is 0 Å². The number of aryl methyl sites for hydroxylation is 1. The lowest BCUT2D eigenvalue weighted by molar-refractivity contribution is -0.143. The van der Waals surface area contributed by atoms with Crippen LogP contribution in [0.4, 0.5) is 0 Å². The lowest BCUT2D eigenvalue weighted by Gasteiger charge is -2.35. The van der Waals surface area contributed by atoms with E-state index in [0.29, 0.717) is 18.8 Å². The molecule has 98 valence electrons. The summed E-state index contributed by atoms with van der Waals surface area (Å²) in [6, 6.07) is 7.83. The van der Waals surface area contributed by atoms with Crippen LogP contribution in [0.15, 0.2) is 24.3 Å². The van der Waals surface area contributed by atoms with Crippen molar-refractivity contribution >= 4 is 5.91 Å². The molecule has 1 aliphatic heterocycles. The molecule has 0 spiro atoms. The molecule has 1 amide bonds. The smallest absolute Gasteiger partial charge is 0.260 e. The Hall–Kier alpha value is -1.55. The van der Waals surface area contributed by atoms with Gasteiger partial charge in [0.25, 0.3) is 5.91 Å². The summed E-state index contributed by atoms with van der Waals surface area (Å²) in [5, 5.41) is 9.10. The van der Waals surface area contributed by atoms with E-state index in [4.69, 9.17) is 9.84 Å². The van der Waals surface area contributed by atoms with Gasteiger partial charge >= 0.3 is 0 Å². The van der Waals surface area contributed by atoms with Gasteiger partial charge in [-0.15, -0.1) is 0 Å². The Morgan fingerprint density at radius 2 is 2.06 bits per heavy atom. The van der Waals surface area contributed by atoms with Gasteiger partial charge in [0.15, 0.2) is 6.61 Å². The molecule has 1 aromatic rings. The largest absolute Gasteiger partial charge is 0.484 e. The van der Waals surface area contributed by atoms with E-state index in [-0.39, 0.29) is 18.6 Å². The van der Waals surface area contributed by atoms with Crippen molar-refractivity contribution in [3.8, 4) is 5.75 Å². The number of nitrogens with zero attached hydrogens (tertiary/aromatic N) is 1. The maximum absolute atomic E-state index is 11.6. The molecule has 1 fully saturated rings. The molecule has 4 heteroatoms. The molecular formula is C14H19NO3. The standard InChI is InChI=1S/C14H19NO3/c1-2-3-11-4-6-13(7-5-11)18-10-14(17)15-8-12(16)9-15/h4-7,12,16H,2-3,8-10H2,1H3. The van der Waals surface area contributed by atoms with E-state index in [1.54, 1.807) is 4.90 Å². The Kier molecular flexibility index (Phi) is 4.20. The quantitative estimate of drug-likeness (QED) is 0.853. The second kappa shape index (κ2) is 5.87. The number of carbonyl (C=O) groups excluding carboxylic acids is 1. The van der Waals surface area contributed by atoms with Gasteiger partial charge in [0.1, 0.15) is 5.75 Å². The second-order valence-corrected chi connectivity index (χ2v) is 4.64. The fourth-order valence-corrected chi connectivity index (χ4v) is 1.94. The normalized spacial score (nSPS) is 15.3. The topological polar surface area (TPSA) is 49.8 Å². The molecule has 1 aromatic carbocycles. The van der Waals surface area contributed by atoms with E-state index in [2.05, 4.69) is 6.92 Å². The third kappa shape index (κ3) is 3.23. The molecule has 18 heavy (non-hydrogen) atoms. The maximum atomic E-state index is 11.6. The zero-order valence-electron chi connectivity index (χ0n) is 10.6. The summed E-state index contributed by atoms with van der Waals surface area (Å²) in [7, 11) is 0. The molecule has 1 saturated heterocycles. The first-order valence-electron chi connectivity index (χ1n) is 6.36. The van der Waals surface area contributed by atoms with Crippen LogP contribution in [0.5, 0.6) is 5.75 Å². The lowest BCUT2D eigenvalue weighted by atomic mass is 10.1. The molecule has 0 radical (unpaired) electrons. The number of benzene rings is 1.